The summed E-state index contributed by atoms with van der Waals surface area (Å²) in [5, 5.41) is 7.42. The Kier molecular flexibility index (Phi) is 4.49. The van der Waals surface area contributed by atoms with Crippen LogP contribution in [0.1, 0.15) is 47.3 Å². The standard InChI is InChI=1S/C26H21N3O3/c30-26(22-13-12-17-6-1-2-10-21(17)27-22)29-25(23-11-5-15-32-23)20-9-3-7-18(24(20)28-29)16-19-8-4-14-31-19/h1-2,4-6,8,10-16,20,25H,3,7,9H2/b18-16-/t20-,25-/m1/s1. The van der Waals surface area contributed by atoms with Crippen molar-refractivity contribution in [3.63, 3.8) is 0 Å². The predicted octanol–water partition coefficient (Wildman–Crippen LogP) is 5.86. The van der Waals surface area contributed by atoms with E-state index < -0.39 is 0 Å². The maximum absolute atomic E-state index is 13.6. The maximum atomic E-state index is 13.6. The molecule has 1 aromatic carbocycles. The van der Waals surface area contributed by atoms with E-state index in [1.165, 1.54) is 0 Å². The highest BCUT2D eigenvalue weighted by Gasteiger charge is 2.45. The van der Waals surface area contributed by atoms with Gasteiger partial charge in [0.1, 0.15) is 23.3 Å². The molecule has 0 bridgehead atoms. The average molecular weight is 423 g/mol. The first-order valence-corrected chi connectivity index (χ1v) is 10.8. The Labute approximate surface area is 184 Å². The number of carbonyl (C=O) groups excluding carboxylic acids is 1. The lowest BCUT2D eigenvalue weighted by Crippen LogP contribution is -2.32. The SMILES string of the molecule is O=C(c1ccc2ccccc2n1)N1N=C2/C(=C\c3ccco3)CCC[C@H]2[C@@H]1c1ccco1. The van der Waals surface area contributed by atoms with Crippen LogP contribution in [0.2, 0.25) is 0 Å². The zero-order chi connectivity index (χ0) is 21.5. The molecule has 0 saturated heterocycles. The molecule has 4 heterocycles. The van der Waals surface area contributed by atoms with Crippen LogP contribution in [-0.4, -0.2) is 21.6 Å². The van der Waals surface area contributed by atoms with Crippen LogP contribution in [0.5, 0.6) is 0 Å². The van der Waals surface area contributed by atoms with E-state index in [-0.39, 0.29) is 17.9 Å². The third-order valence-corrected chi connectivity index (χ3v) is 6.22. The number of hydrogen-bond acceptors (Lipinski definition) is 5. The van der Waals surface area contributed by atoms with Gasteiger partial charge in [0, 0.05) is 11.3 Å². The molecule has 0 N–H and O–H groups in total. The number of amides is 1. The normalized spacial score (nSPS) is 21.7. The Hall–Kier alpha value is -3.93. The number of benzene rings is 1. The lowest BCUT2D eigenvalue weighted by molar-refractivity contribution is 0.0651. The molecule has 2 aliphatic rings. The monoisotopic (exact) mass is 423 g/mol. The first-order chi connectivity index (χ1) is 15.8. The zero-order valence-corrected chi connectivity index (χ0v) is 17.3. The van der Waals surface area contributed by atoms with E-state index in [1.54, 1.807) is 23.6 Å². The minimum absolute atomic E-state index is 0.0699. The Morgan fingerprint density at radius 2 is 1.88 bits per heavy atom. The van der Waals surface area contributed by atoms with Gasteiger partial charge in [-0.15, -0.1) is 0 Å². The first-order valence-electron chi connectivity index (χ1n) is 10.8. The second-order valence-corrected chi connectivity index (χ2v) is 8.17. The van der Waals surface area contributed by atoms with Crippen molar-refractivity contribution in [3.05, 3.63) is 96.0 Å². The van der Waals surface area contributed by atoms with Gasteiger partial charge in [0.05, 0.1) is 23.8 Å². The van der Waals surface area contributed by atoms with Gasteiger partial charge in [0.25, 0.3) is 5.91 Å². The summed E-state index contributed by atoms with van der Waals surface area (Å²) in [6.45, 7) is 0. The number of pyridine rings is 1. The number of furan rings is 2. The van der Waals surface area contributed by atoms with Crippen molar-refractivity contribution in [2.24, 2.45) is 11.0 Å². The molecule has 0 spiro atoms. The van der Waals surface area contributed by atoms with Crippen molar-refractivity contribution in [2.75, 3.05) is 0 Å². The number of rotatable bonds is 3. The van der Waals surface area contributed by atoms with Gasteiger partial charge in [-0.05, 0) is 67.3 Å². The first kappa shape index (κ1) is 18.8. The molecule has 2 atom stereocenters. The molecule has 0 radical (unpaired) electrons. The van der Waals surface area contributed by atoms with E-state index in [2.05, 4.69) is 4.98 Å². The number of fused-ring (bicyclic) bond motifs is 2. The van der Waals surface area contributed by atoms with Crippen molar-refractivity contribution >= 4 is 28.6 Å². The molecule has 1 fully saturated rings. The van der Waals surface area contributed by atoms with E-state index in [9.17, 15) is 4.79 Å². The summed E-state index contributed by atoms with van der Waals surface area (Å²) in [6.07, 6.45) is 8.20. The lowest BCUT2D eigenvalue weighted by atomic mass is 9.79. The Morgan fingerprint density at radius 3 is 2.72 bits per heavy atom. The Balaban J connectivity index is 1.43. The van der Waals surface area contributed by atoms with Gasteiger partial charge in [-0.3, -0.25) is 4.79 Å². The van der Waals surface area contributed by atoms with E-state index >= 15 is 0 Å². The third-order valence-electron chi connectivity index (χ3n) is 6.22. The van der Waals surface area contributed by atoms with Crippen LogP contribution in [0.25, 0.3) is 17.0 Å². The number of carbonyl (C=O) groups is 1. The molecular formula is C26H21N3O3. The van der Waals surface area contributed by atoms with E-state index in [0.29, 0.717) is 5.69 Å². The van der Waals surface area contributed by atoms with Gasteiger partial charge in [-0.2, -0.15) is 5.10 Å². The molecular weight excluding hydrogens is 402 g/mol. The second-order valence-electron chi connectivity index (χ2n) is 8.17. The lowest BCUT2D eigenvalue weighted by Gasteiger charge is -2.27. The number of allylic oxidation sites excluding steroid dienone is 1. The van der Waals surface area contributed by atoms with Crippen LogP contribution in [0, 0.1) is 5.92 Å². The van der Waals surface area contributed by atoms with Gasteiger partial charge < -0.3 is 8.83 Å². The van der Waals surface area contributed by atoms with Crippen LogP contribution in [-0.2, 0) is 0 Å². The van der Waals surface area contributed by atoms with Crippen LogP contribution in [0.15, 0.2) is 92.7 Å². The molecule has 3 aromatic heterocycles. The molecule has 6 heteroatoms. The fourth-order valence-corrected chi connectivity index (χ4v) is 4.75. The summed E-state index contributed by atoms with van der Waals surface area (Å²) in [4.78, 5) is 18.3. The molecule has 6 rings (SSSR count). The van der Waals surface area contributed by atoms with Crippen molar-refractivity contribution < 1.29 is 13.6 Å². The molecule has 6 nitrogen and oxygen atoms in total. The number of aromatic nitrogens is 1. The number of para-hydroxylation sites is 1. The van der Waals surface area contributed by atoms with Crippen molar-refractivity contribution in [2.45, 2.75) is 25.3 Å². The smallest absolute Gasteiger partial charge is 0.293 e. The fourth-order valence-electron chi connectivity index (χ4n) is 4.75. The van der Waals surface area contributed by atoms with E-state index in [0.717, 1.165) is 53.0 Å². The number of hydrogen-bond donors (Lipinski definition) is 0. The van der Waals surface area contributed by atoms with Crippen LogP contribution >= 0.6 is 0 Å². The Bertz CT molecular complexity index is 1340. The summed E-state index contributed by atoms with van der Waals surface area (Å²) in [6, 6.07) is 18.8. The molecule has 1 amide bonds. The van der Waals surface area contributed by atoms with Gasteiger partial charge in [0.2, 0.25) is 0 Å². The van der Waals surface area contributed by atoms with Crippen molar-refractivity contribution in [1.29, 1.82) is 0 Å². The van der Waals surface area contributed by atoms with Crippen LogP contribution < -0.4 is 0 Å². The van der Waals surface area contributed by atoms with Crippen LogP contribution in [0.4, 0.5) is 0 Å². The molecule has 32 heavy (non-hydrogen) atoms. The molecule has 1 aliphatic heterocycles. The summed E-state index contributed by atoms with van der Waals surface area (Å²) < 4.78 is 11.3. The zero-order valence-electron chi connectivity index (χ0n) is 17.3. The predicted molar refractivity (Wildman–Crippen MR) is 121 cm³/mol. The third kappa shape index (κ3) is 3.15. The highest BCUT2D eigenvalue weighted by atomic mass is 16.3. The minimum Gasteiger partial charge on any atom is -0.467 e. The number of hydrazone groups is 1. The fraction of sp³-hybridized carbons (Fsp3) is 0.192. The molecule has 1 aliphatic carbocycles. The van der Waals surface area contributed by atoms with E-state index in [4.69, 9.17) is 13.9 Å². The van der Waals surface area contributed by atoms with Gasteiger partial charge in [-0.1, -0.05) is 24.3 Å². The van der Waals surface area contributed by atoms with Gasteiger partial charge in [0.15, 0.2) is 0 Å². The second kappa shape index (κ2) is 7.64. The summed E-state index contributed by atoms with van der Waals surface area (Å²) in [5.41, 5.74) is 3.20. The highest BCUT2D eigenvalue weighted by Crippen LogP contribution is 2.45. The van der Waals surface area contributed by atoms with E-state index in [1.807, 2.05) is 60.7 Å². The summed E-state index contributed by atoms with van der Waals surface area (Å²) >= 11 is 0. The maximum Gasteiger partial charge on any atom is 0.293 e. The topological polar surface area (TPSA) is 71.8 Å². The average Bonchev–Trinajstić information content (AvgIpc) is 3.59. The molecule has 1 saturated carbocycles. The largest absolute Gasteiger partial charge is 0.467 e. The van der Waals surface area contributed by atoms with Gasteiger partial charge >= 0.3 is 0 Å². The minimum atomic E-state index is -0.291. The molecule has 4 aromatic rings. The van der Waals surface area contributed by atoms with Crippen LogP contribution in [0.3, 0.4) is 0 Å². The summed E-state index contributed by atoms with van der Waals surface area (Å²) in [7, 11) is 0. The molecule has 158 valence electrons. The summed E-state index contributed by atoms with van der Waals surface area (Å²) in [5.74, 6) is 1.37. The highest BCUT2D eigenvalue weighted by molar-refractivity contribution is 6.09. The van der Waals surface area contributed by atoms with Crippen molar-refractivity contribution in [1.82, 2.24) is 9.99 Å². The van der Waals surface area contributed by atoms with Crippen molar-refractivity contribution in [3.8, 4) is 0 Å². The number of nitrogens with zero attached hydrogens (tertiary/aromatic N) is 3. The Morgan fingerprint density at radius 1 is 1.00 bits per heavy atom. The quantitative estimate of drug-likeness (QED) is 0.414. The molecule has 0 unspecified atom stereocenters. The van der Waals surface area contributed by atoms with Gasteiger partial charge in [-0.25, -0.2) is 9.99 Å².